The van der Waals surface area contributed by atoms with E-state index in [-0.39, 0.29) is 0 Å². The Balaban J connectivity index is 2.35. The molecule has 0 atom stereocenters. The van der Waals surface area contributed by atoms with Crippen LogP contribution in [0.3, 0.4) is 0 Å². The van der Waals surface area contributed by atoms with Crippen molar-refractivity contribution in [3.8, 4) is 11.3 Å². The van der Waals surface area contributed by atoms with Gasteiger partial charge in [-0.3, -0.25) is 0 Å². The summed E-state index contributed by atoms with van der Waals surface area (Å²) in [5.74, 6) is -1.18. The third kappa shape index (κ3) is 2.25. The van der Waals surface area contributed by atoms with Gasteiger partial charge in [0.05, 0.1) is 10.7 Å². The topological polar surface area (TPSA) is 38.9 Å². The normalized spacial score (nSPS) is 10.7. The number of nitrogens with zero attached hydrogens (tertiary/aromatic N) is 1. The summed E-state index contributed by atoms with van der Waals surface area (Å²) in [4.78, 5) is 4.24. The van der Waals surface area contributed by atoms with E-state index in [2.05, 4.69) is 4.98 Å². The SMILES string of the molecule is NCCc1nc(-c2ccc(F)cc2F)cs1. The molecular formula is C11H10F2N2S. The van der Waals surface area contributed by atoms with Gasteiger partial charge in [-0.2, -0.15) is 0 Å². The van der Waals surface area contributed by atoms with Crippen LogP contribution in [0.4, 0.5) is 8.78 Å². The van der Waals surface area contributed by atoms with Gasteiger partial charge in [-0.05, 0) is 18.7 Å². The summed E-state index contributed by atoms with van der Waals surface area (Å²) in [6, 6.07) is 3.48. The van der Waals surface area contributed by atoms with Gasteiger partial charge in [0.15, 0.2) is 0 Å². The Bertz CT molecular complexity index is 496. The first kappa shape index (κ1) is 11.2. The molecule has 0 bridgehead atoms. The molecule has 2 rings (SSSR count). The van der Waals surface area contributed by atoms with Gasteiger partial charge in [0.2, 0.25) is 0 Å². The number of benzene rings is 1. The molecule has 0 aliphatic rings. The third-order valence-corrected chi connectivity index (χ3v) is 3.03. The molecule has 2 aromatic rings. The first-order valence-electron chi connectivity index (χ1n) is 4.80. The highest BCUT2D eigenvalue weighted by Gasteiger charge is 2.09. The monoisotopic (exact) mass is 240 g/mol. The molecule has 0 spiro atoms. The summed E-state index contributed by atoms with van der Waals surface area (Å²) in [5, 5.41) is 2.61. The number of hydrogen-bond donors (Lipinski definition) is 1. The maximum atomic E-state index is 13.4. The number of hydrogen-bond acceptors (Lipinski definition) is 3. The van der Waals surface area contributed by atoms with Crippen LogP contribution >= 0.6 is 11.3 Å². The second kappa shape index (κ2) is 4.67. The Labute approximate surface area is 95.7 Å². The number of thiazole rings is 1. The summed E-state index contributed by atoms with van der Waals surface area (Å²) in [6.45, 7) is 0.513. The van der Waals surface area contributed by atoms with E-state index in [0.717, 1.165) is 11.1 Å². The Morgan fingerprint density at radius 3 is 2.81 bits per heavy atom. The Hall–Kier alpha value is -1.33. The second-order valence-corrected chi connectivity index (χ2v) is 4.23. The minimum absolute atomic E-state index is 0.320. The molecule has 5 heteroatoms. The van der Waals surface area contributed by atoms with Crippen LogP contribution in [0.1, 0.15) is 5.01 Å². The lowest BCUT2D eigenvalue weighted by Gasteiger charge is -1.98. The molecule has 0 saturated heterocycles. The molecule has 0 aliphatic carbocycles. The maximum absolute atomic E-state index is 13.4. The van der Waals surface area contributed by atoms with Crippen LogP contribution < -0.4 is 5.73 Å². The predicted octanol–water partition coefficient (Wildman–Crippen LogP) is 2.59. The Morgan fingerprint density at radius 2 is 2.12 bits per heavy atom. The molecule has 0 saturated carbocycles. The van der Waals surface area contributed by atoms with Crippen molar-refractivity contribution in [2.24, 2.45) is 5.73 Å². The molecule has 84 valence electrons. The zero-order valence-corrected chi connectivity index (χ0v) is 9.23. The van der Waals surface area contributed by atoms with E-state index in [9.17, 15) is 8.78 Å². The summed E-state index contributed by atoms with van der Waals surface area (Å²) in [7, 11) is 0. The molecule has 0 radical (unpaired) electrons. The molecule has 0 aliphatic heterocycles. The highest BCUT2D eigenvalue weighted by atomic mass is 32.1. The molecule has 2 N–H and O–H groups in total. The average Bonchev–Trinajstić information content (AvgIpc) is 2.67. The molecule has 1 aromatic carbocycles. The van der Waals surface area contributed by atoms with Crippen LogP contribution in [0.5, 0.6) is 0 Å². The minimum atomic E-state index is -0.593. The summed E-state index contributed by atoms with van der Waals surface area (Å²) in [5.41, 5.74) is 6.25. The summed E-state index contributed by atoms with van der Waals surface area (Å²) >= 11 is 1.43. The highest BCUT2D eigenvalue weighted by molar-refractivity contribution is 7.09. The van der Waals surface area contributed by atoms with Gasteiger partial charge in [0, 0.05) is 23.4 Å². The van der Waals surface area contributed by atoms with Crippen molar-refractivity contribution >= 4 is 11.3 Å². The molecule has 2 nitrogen and oxygen atoms in total. The van der Waals surface area contributed by atoms with E-state index < -0.39 is 11.6 Å². The lowest BCUT2D eigenvalue weighted by Crippen LogP contribution is -2.02. The van der Waals surface area contributed by atoms with Crippen molar-refractivity contribution in [1.29, 1.82) is 0 Å². The van der Waals surface area contributed by atoms with E-state index in [1.165, 1.54) is 23.5 Å². The van der Waals surface area contributed by atoms with Crippen molar-refractivity contribution in [1.82, 2.24) is 4.98 Å². The van der Waals surface area contributed by atoms with Gasteiger partial charge in [-0.1, -0.05) is 0 Å². The molecular weight excluding hydrogens is 230 g/mol. The molecule has 0 amide bonds. The minimum Gasteiger partial charge on any atom is -0.330 e. The molecule has 1 heterocycles. The standard InChI is InChI=1S/C11H10F2N2S/c12-7-1-2-8(9(13)5-7)10-6-16-11(15-10)3-4-14/h1-2,5-6H,3-4,14H2. The second-order valence-electron chi connectivity index (χ2n) is 3.29. The van der Waals surface area contributed by atoms with Crippen LogP contribution in [0.15, 0.2) is 23.6 Å². The predicted molar refractivity (Wildman–Crippen MR) is 60.2 cm³/mol. The van der Waals surface area contributed by atoms with E-state index in [4.69, 9.17) is 5.73 Å². The lowest BCUT2D eigenvalue weighted by atomic mass is 10.1. The molecule has 0 fully saturated rings. The molecule has 0 unspecified atom stereocenters. The largest absolute Gasteiger partial charge is 0.330 e. The van der Waals surface area contributed by atoms with Crippen LogP contribution in [0, 0.1) is 11.6 Å². The average molecular weight is 240 g/mol. The van der Waals surface area contributed by atoms with Crippen LogP contribution in [0.2, 0.25) is 0 Å². The number of halogens is 2. The fourth-order valence-electron chi connectivity index (χ4n) is 1.37. The van der Waals surface area contributed by atoms with Gasteiger partial charge in [-0.15, -0.1) is 11.3 Å². The zero-order chi connectivity index (χ0) is 11.5. The third-order valence-electron chi connectivity index (χ3n) is 2.12. The van der Waals surface area contributed by atoms with Crippen molar-refractivity contribution in [2.45, 2.75) is 6.42 Å². The number of nitrogens with two attached hydrogens (primary N) is 1. The van der Waals surface area contributed by atoms with E-state index in [1.807, 2.05) is 0 Å². The quantitative estimate of drug-likeness (QED) is 0.895. The zero-order valence-electron chi connectivity index (χ0n) is 8.41. The van der Waals surface area contributed by atoms with E-state index in [1.54, 1.807) is 5.38 Å². The maximum Gasteiger partial charge on any atom is 0.135 e. The number of aromatic nitrogens is 1. The first-order valence-corrected chi connectivity index (χ1v) is 5.68. The van der Waals surface area contributed by atoms with Crippen molar-refractivity contribution in [3.05, 3.63) is 40.2 Å². The van der Waals surface area contributed by atoms with Crippen LogP contribution in [-0.4, -0.2) is 11.5 Å². The summed E-state index contributed by atoms with van der Waals surface area (Å²) < 4.78 is 26.1. The smallest absolute Gasteiger partial charge is 0.135 e. The highest BCUT2D eigenvalue weighted by Crippen LogP contribution is 2.25. The lowest BCUT2D eigenvalue weighted by molar-refractivity contribution is 0.585. The van der Waals surface area contributed by atoms with Crippen LogP contribution in [-0.2, 0) is 6.42 Å². The first-order chi connectivity index (χ1) is 7.70. The van der Waals surface area contributed by atoms with Gasteiger partial charge in [0.25, 0.3) is 0 Å². The van der Waals surface area contributed by atoms with E-state index in [0.29, 0.717) is 24.2 Å². The van der Waals surface area contributed by atoms with Gasteiger partial charge in [0.1, 0.15) is 11.6 Å². The van der Waals surface area contributed by atoms with Gasteiger partial charge in [-0.25, -0.2) is 13.8 Å². The van der Waals surface area contributed by atoms with Crippen LogP contribution in [0.25, 0.3) is 11.3 Å². The van der Waals surface area contributed by atoms with E-state index >= 15 is 0 Å². The number of rotatable bonds is 3. The van der Waals surface area contributed by atoms with Gasteiger partial charge < -0.3 is 5.73 Å². The molecule has 16 heavy (non-hydrogen) atoms. The fourth-order valence-corrected chi connectivity index (χ4v) is 2.18. The Kier molecular flexibility index (Phi) is 3.26. The van der Waals surface area contributed by atoms with Crippen molar-refractivity contribution in [2.75, 3.05) is 6.54 Å². The molecule has 1 aromatic heterocycles. The van der Waals surface area contributed by atoms with Crippen molar-refractivity contribution in [3.63, 3.8) is 0 Å². The van der Waals surface area contributed by atoms with Crippen molar-refractivity contribution < 1.29 is 8.78 Å². The Morgan fingerprint density at radius 1 is 1.31 bits per heavy atom. The fraction of sp³-hybridized carbons (Fsp3) is 0.182. The van der Waals surface area contributed by atoms with Gasteiger partial charge >= 0.3 is 0 Å². The summed E-state index contributed by atoms with van der Waals surface area (Å²) in [6.07, 6.45) is 0.674.